The zero-order chi connectivity index (χ0) is 20.1. The highest BCUT2D eigenvalue weighted by molar-refractivity contribution is 5.89. The first kappa shape index (κ1) is 19.2. The van der Waals surface area contributed by atoms with Crippen LogP contribution in [-0.2, 0) is 11.0 Å². The van der Waals surface area contributed by atoms with Crippen LogP contribution in [0.1, 0.15) is 12.5 Å². The summed E-state index contributed by atoms with van der Waals surface area (Å²) in [5.41, 5.74) is 0.309. The molecular weight excluding hydrogens is 371 g/mol. The van der Waals surface area contributed by atoms with Gasteiger partial charge in [-0.15, -0.1) is 0 Å². The maximum atomic E-state index is 13.1. The third kappa shape index (κ3) is 4.97. The number of amides is 1. The summed E-state index contributed by atoms with van der Waals surface area (Å²) >= 11 is 0. The number of halogens is 3. The summed E-state index contributed by atoms with van der Waals surface area (Å²) in [4.78, 5) is 19.4. The highest BCUT2D eigenvalue weighted by atomic mass is 19.4. The Kier molecular flexibility index (Phi) is 5.44. The lowest BCUT2D eigenvalue weighted by Crippen LogP contribution is -2.09. The molecule has 0 fully saturated rings. The molecular formula is C19H16F3N5O. The molecule has 0 spiro atoms. The van der Waals surface area contributed by atoms with E-state index in [-0.39, 0.29) is 23.4 Å². The molecule has 0 unspecified atom stereocenters. The van der Waals surface area contributed by atoms with E-state index in [9.17, 15) is 18.0 Å². The summed E-state index contributed by atoms with van der Waals surface area (Å²) in [6.45, 7) is 1.40. The number of para-hydroxylation sites is 1. The third-order valence-electron chi connectivity index (χ3n) is 3.59. The molecule has 1 heterocycles. The highest BCUT2D eigenvalue weighted by Crippen LogP contribution is 2.35. The van der Waals surface area contributed by atoms with Crippen molar-refractivity contribution in [3.8, 4) is 0 Å². The maximum Gasteiger partial charge on any atom is 0.418 e. The van der Waals surface area contributed by atoms with E-state index in [0.29, 0.717) is 11.4 Å². The van der Waals surface area contributed by atoms with Crippen LogP contribution in [0.5, 0.6) is 0 Å². The third-order valence-corrected chi connectivity index (χ3v) is 3.59. The Morgan fingerprint density at radius 2 is 1.71 bits per heavy atom. The molecule has 0 radical (unpaired) electrons. The number of anilines is 5. The molecule has 0 aliphatic carbocycles. The number of hydrogen-bond acceptors (Lipinski definition) is 5. The van der Waals surface area contributed by atoms with E-state index < -0.39 is 11.7 Å². The molecule has 2 aromatic carbocycles. The molecule has 0 aliphatic heterocycles. The summed E-state index contributed by atoms with van der Waals surface area (Å²) in [6, 6.07) is 13.5. The Bertz CT molecular complexity index is 991. The minimum atomic E-state index is -4.48. The number of benzene rings is 2. The summed E-state index contributed by atoms with van der Waals surface area (Å²) in [6.07, 6.45) is -3.06. The van der Waals surface area contributed by atoms with Gasteiger partial charge in [0.15, 0.2) is 0 Å². The largest absolute Gasteiger partial charge is 0.418 e. The molecule has 9 heteroatoms. The SMILES string of the molecule is CC(=O)Nc1cccc(Nc2nccc(Nc3ccccc3C(F)(F)F)n2)c1. The van der Waals surface area contributed by atoms with Crippen molar-refractivity contribution >= 4 is 34.7 Å². The molecule has 0 aliphatic rings. The highest BCUT2D eigenvalue weighted by Gasteiger charge is 2.33. The molecule has 144 valence electrons. The van der Waals surface area contributed by atoms with Crippen LogP contribution in [-0.4, -0.2) is 15.9 Å². The lowest BCUT2D eigenvalue weighted by Gasteiger charge is -2.14. The van der Waals surface area contributed by atoms with E-state index in [4.69, 9.17) is 0 Å². The summed E-state index contributed by atoms with van der Waals surface area (Å²) in [7, 11) is 0. The number of aromatic nitrogens is 2. The standard InChI is InChI=1S/C19H16F3N5O/c1-12(28)24-13-5-4-6-14(11-13)25-18-23-10-9-17(27-18)26-16-8-3-2-7-15(16)19(20,21)22/h2-11H,1H3,(H,24,28)(H2,23,25,26,27). The van der Waals surface area contributed by atoms with Crippen molar-refractivity contribution < 1.29 is 18.0 Å². The Hall–Kier alpha value is -3.62. The zero-order valence-electron chi connectivity index (χ0n) is 14.7. The van der Waals surface area contributed by atoms with Crippen LogP contribution in [0.25, 0.3) is 0 Å². The Balaban J connectivity index is 1.80. The first-order chi connectivity index (χ1) is 13.3. The van der Waals surface area contributed by atoms with Crippen LogP contribution in [0.3, 0.4) is 0 Å². The lowest BCUT2D eigenvalue weighted by atomic mass is 10.1. The fraction of sp³-hybridized carbons (Fsp3) is 0.105. The number of alkyl halides is 3. The van der Waals surface area contributed by atoms with Crippen molar-refractivity contribution in [1.29, 1.82) is 0 Å². The molecule has 3 rings (SSSR count). The quantitative estimate of drug-likeness (QED) is 0.578. The maximum absolute atomic E-state index is 13.1. The molecule has 28 heavy (non-hydrogen) atoms. The fourth-order valence-electron chi connectivity index (χ4n) is 2.47. The number of carbonyl (C=O) groups is 1. The first-order valence-corrected chi connectivity index (χ1v) is 8.22. The second-order valence-corrected chi connectivity index (χ2v) is 5.82. The van der Waals surface area contributed by atoms with E-state index in [0.717, 1.165) is 6.07 Å². The number of nitrogens with zero attached hydrogens (tertiary/aromatic N) is 2. The van der Waals surface area contributed by atoms with Gasteiger partial charge in [0.1, 0.15) is 5.82 Å². The van der Waals surface area contributed by atoms with Crippen LogP contribution >= 0.6 is 0 Å². The van der Waals surface area contributed by atoms with Gasteiger partial charge in [-0.25, -0.2) is 4.98 Å². The van der Waals surface area contributed by atoms with E-state index >= 15 is 0 Å². The Morgan fingerprint density at radius 3 is 2.46 bits per heavy atom. The first-order valence-electron chi connectivity index (χ1n) is 8.22. The van der Waals surface area contributed by atoms with Gasteiger partial charge in [-0.05, 0) is 36.4 Å². The summed E-state index contributed by atoms with van der Waals surface area (Å²) in [5.74, 6) is 0.185. The number of carbonyl (C=O) groups excluding carboxylic acids is 1. The fourth-order valence-corrected chi connectivity index (χ4v) is 2.47. The van der Waals surface area contributed by atoms with Gasteiger partial charge in [-0.1, -0.05) is 18.2 Å². The predicted octanol–water partition coefficient (Wildman–Crippen LogP) is 4.94. The minimum absolute atomic E-state index is 0.104. The van der Waals surface area contributed by atoms with Gasteiger partial charge in [0.05, 0.1) is 11.3 Å². The van der Waals surface area contributed by atoms with Gasteiger partial charge in [0.2, 0.25) is 11.9 Å². The van der Waals surface area contributed by atoms with Gasteiger partial charge < -0.3 is 16.0 Å². The molecule has 0 saturated heterocycles. The molecule has 0 saturated carbocycles. The topological polar surface area (TPSA) is 78.9 Å². The van der Waals surface area contributed by atoms with Gasteiger partial charge in [0, 0.05) is 24.5 Å². The summed E-state index contributed by atoms with van der Waals surface area (Å²) < 4.78 is 39.4. The van der Waals surface area contributed by atoms with Crippen LogP contribution in [0.4, 0.5) is 42.0 Å². The van der Waals surface area contributed by atoms with E-state index in [1.165, 1.54) is 37.4 Å². The van der Waals surface area contributed by atoms with E-state index in [1.54, 1.807) is 24.3 Å². The summed E-state index contributed by atoms with van der Waals surface area (Å²) in [5, 5.41) is 8.28. The molecule has 6 nitrogen and oxygen atoms in total. The normalized spacial score (nSPS) is 11.0. The van der Waals surface area contributed by atoms with Crippen molar-refractivity contribution in [3.05, 3.63) is 66.4 Å². The average molecular weight is 387 g/mol. The zero-order valence-corrected chi connectivity index (χ0v) is 14.7. The molecule has 3 N–H and O–H groups in total. The van der Waals surface area contributed by atoms with Crippen LogP contribution < -0.4 is 16.0 Å². The number of rotatable bonds is 5. The number of hydrogen-bond donors (Lipinski definition) is 3. The van der Waals surface area contributed by atoms with Gasteiger partial charge >= 0.3 is 6.18 Å². The van der Waals surface area contributed by atoms with Crippen molar-refractivity contribution in [2.24, 2.45) is 0 Å². The molecule has 1 amide bonds. The Morgan fingerprint density at radius 1 is 0.964 bits per heavy atom. The van der Waals surface area contributed by atoms with E-state index in [1.807, 2.05) is 0 Å². The lowest BCUT2D eigenvalue weighted by molar-refractivity contribution is -0.136. The van der Waals surface area contributed by atoms with Gasteiger partial charge in [0.25, 0.3) is 0 Å². The molecule has 0 bridgehead atoms. The van der Waals surface area contributed by atoms with Crippen molar-refractivity contribution in [2.45, 2.75) is 13.1 Å². The Labute approximate surface area is 158 Å². The predicted molar refractivity (Wildman–Crippen MR) is 101 cm³/mol. The minimum Gasteiger partial charge on any atom is -0.340 e. The average Bonchev–Trinajstić information content (AvgIpc) is 2.61. The van der Waals surface area contributed by atoms with Crippen molar-refractivity contribution in [3.63, 3.8) is 0 Å². The van der Waals surface area contributed by atoms with Crippen LogP contribution in [0.15, 0.2) is 60.8 Å². The monoisotopic (exact) mass is 387 g/mol. The molecule has 0 atom stereocenters. The molecule has 1 aromatic heterocycles. The second-order valence-electron chi connectivity index (χ2n) is 5.82. The van der Waals surface area contributed by atoms with Crippen molar-refractivity contribution in [1.82, 2.24) is 9.97 Å². The van der Waals surface area contributed by atoms with Gasteiger partial charge in [-0.3, -0.25) is 4.79 Å². The van der Waals surface area contributed by atoms with Gasteiger partial charge in [-0.2, -0.15) is 18.2 Å². The smallest absolute Gasteiger partial charge is 0.340 e. The number of nitrogens with one attached hydrogen (secondary N) is 3. The molecule has 3 aromatic rings. The van der Waals surface area contributed by atoms with Crippen LogP contribution in [0.2, 0.25) is 0 Å². The van der Waals surface area contributed by atoms with E-state index in [2.05, 4.69) is 25.9 Å². The van der Waals surface area contributed by atoms with Crippen LogP contribution in [0, 0.1) is 0 Å². The second kappa shape index (κ2) is 7.95. The van der Waals surface area contributed by atoms with Crippen molar-refractivity contribution in [2.75, 3.05) is 16.0 Å².